The monoisotopic (exact) mass is 280 g/mol. The Morgan fingerprint density at radius 3 is 2.80 bits per heavy atom. The van der Waals surface area contributed by atoms with Crippen molar-refractivity contribution in [2.75, 3.05) is 20.2 Å². The zero-order valence-corrected chi connectivity index (χ0v) is 12.4. The van der Waals surface area contributed by atoms with Crippen molar-refractivity contribution >= 4 is 5.91 Å². The molecule has 1 aromatic rings. The van der Waals surface area contributed by atoms with Crippen LogP contribution in [0.5, 0.6) is 11.5 Å². The molecule has 0 aromatic heterocycles. The van der Waals surface area contributed by atoms with Gasteiger partial charge < -0.3 is 20.5 Å². The van der Waals surface area contributed by atoms with Crippen LogP contribution in [0.4, 0.5) is 0 Å². The van der Waals surface area contributed by atoms with Gasteiger partial charge >= 0.3 is 0 Å². The number of likely N-dealkylation sites (N-methyl/N-ethyl adjacent to an activating group) is 1. The molecule has 1 amide bonds. The summed E-state index contributed by atoms with van der Waals surface area (Å²) >= 11 is 0. The predicted octanol–water partition coefficient (Wildman–Crippen LogP) is 1.49. The average Bonchev–Trinajstić information content (AvgIpc) is 2.46. The fraction of sp³-hybridized carbons (Fsp3) is 0.533. The highest BCUT2D eigenvalue weighted by Crippen LogP contribution is 2.26. The number of nitrogens with two attached hydrogens (primary N) is 1. The molecule has 0 aliphatic heterocycles. The molecule has 0 radical (unpaired) electrons. The Hall–Kier alpha value is -1.75. The van der Waals surface area contributed by atoms with Crippen LogP contribution >= 0.6 is 0 Å². The van der Waals surface area contributed by atoms with Gasteiger partial charge in [0.2, 0.25) is 0 Å². The van der Waals surface area contributed by atoms with Crippen molar-refractivity contribution in [3.63, 3.8) is 0 Å². The van der Waals surface area contributed by atoms with E-state index >= 15 is 0 Å². The largest absolute Gasteiger partial charge is 0.493 e. The van der Waals surface area contributed by atoms with Crippen LogP contribution in [0, 0.1) is 0 Å². The number of benzene rings is 1. The molecule has 1 aromatic carbocycles. The molecule has 1 rings (SSSR count). The molecule has 3 N–H and O–H groups in total. The Labute approximate surface area is 120 Å². The van der Waals surface area contributed by atoms with E-state index in [1.807, 2.05) is 25.1 Å². The normalized spacial score (nSPS) is 11.8. The van der Waals surface area contributed by atoms with Gasteiger partial charge in [0.1, 0.15) is 11.5 Å². The number of amides is 1. The predicted molar refractivity (Wildman–Crippen MR) is 79.1 cm³/mol. The number of carbonyl (C=O) groups is 1. The molecule has 112 valence electrons. The molecule has 1 unspecified atom stereocenters. The Morgan fingerprint density at radius 2 is 2.20 bits per heavy atom. The molecule has 0 fully saturated rings. The van der Waals surface area contributed by atoms with Gasteiger partial charge in [0.25, 0.3) is 5.91 Å². The lowest BCUT2D eigenvalue weighted by Gasteiger charge is -2.17. The summed E-state index contributed by atoms with van der Waals surface area (Å²) in [7, 11) is 1.59. The molecule has 0 saturated heterocycles. The SMILES string of the molecule is CCCOc1ccc(CCN)c(OC(C)C(=O)NC)c1. The lowest BCUT2D eigenvalue weighted by atomic mass is 10.1. The molecule has 0 heterocycles. The van der Waals surface area contributed by atoms with Crippen molar-refractivity contribution in [3.05, 3.63) is 23.8 Å². The van der Waals surface area contributed by atoms with Crippen LogP contribution in [0.15, 0.2) is 18.2 Å². The minimum absolute atomic E-state index is 0.163. The molecular weight excluding hydrogens is 256 g/mol. The molecular formula is C15H24N2O3. The summed E-state index contributed by atoms with van der Waals surface area (Å²) in [5, 5.41) is 2.57. The maximum absolute atomic E-state index is 11.6. The van der Waals surface area contributed by atoms with Gasteiger partial charge in [-0.1, -0.05) is 13.0 Å². The first kappa shape index (κ1) is 16.3. The molecule has 0 spiro atoms. The second kappa shape index (κ2) is 8.43. The molecule has 0 aliphatic carbocycles. The van der Waals surface area contributed by atoms with E-state index in [9.17, 15) is 4.79 Å². The summed E-state index contributed by atoms with van der Waals surface area (Å²) in [6.07, 6.45) is 1.08. The van der Waals surface area contributed by atoms with Gasteiger partial charge in [-0.15, -0.1) is 0 Å². The Bertz CT molecular complexity index is 435. The van der Waals surface area contributed by atoms with E-state index in [-0.39, 0.29) is 5.91 Å². The summed E-state index contributed by atoms with van der Waals surface area (Å²) in [6.45, 7) is 4.94. The van der Waals surface area contributed by atoms with Crippen LogP contribution in [0.2, 0.25) is 0 Å². The third-order valence-electron chi connectivity index (χ3n) is 2.84. The topological polar surface area (TPSA) is 73.6 Å². The van der Waals surface area contributed by atoms with Crippen LogP contribution < -0.4 is 20.5 Å². The standard InChI is InChI=1S/C15H24N2O3/c1-4-9-19-13-6-5-12(7-8-16)14(10-13)20-11(2)15(18)17-3/h5-6,10-11H,4,7-9,16H2,1-3H3,(H,17,18). The first-order valence-corrected chi connectivity index (χ1v) is 6.96. The second-order valence-electron chi connectivity index (χ2n) is 4.53. The maximum Gasteiger partial charge on any atom is 0.260 e. The van der Waals surface area contributed by atoms with Crippen molar-refractivity contribution in [2.24, 2.45) is 5.73 Å². The number of carbonyl (C=O) groups excluding carboxylic acids is 1. The van der Waals surface area contributed by atoms with Crippen molar-refractivity contribution in [1.29, 1.82) is 0 Å². The van der Waals surface area contributed by atoms with Crippen molar-refractivity contribution in [1.82, 2.24) is 5.32 Å². The molecule has 0 bridgehead atoms. The smallest absolute Gasteiger partial charge is 0.260 e. The molecule has 0 saturated carbocycles. The van der Waals surface area contributed by atoms with Crippen molar-refractivity contribution < 1.29 is 14.3 Å². The number of rotatable bonds is 8. The van der Waals surface area contributed by atoms with Gasteiger partial charge in [0.15, 0.2) is 6.10 Å². The average molecular weight is 280 g/mol. The van der Waals surface area contributed by atoms with E-state index in [2.05, 4.69) is 5.32 Å². The minimum Gasteiger partial charge on any atom is -0.493 e. The second-order valence-corrected chi connectivity index (χ2v) is 4.53. The maximum atomic E-state index is 11.6. The van der Waals surface area contributed by atoms with Gasteiger partial charge in [-0.2, -0.15) is 0 Å². The van der Waals surface area contributed by atoms with Gasteiger partial charge in [-0.25, -0.2) is 0 Å². The third-order valence-corrected chi connectivity index (χ3v) is 2.84. The van der Waals surface area contributed by atoms with Gasteiger partial charge in [0, 0.05) is 13.1 Å². The number of hydrogen-bond acceptors (Lipinski definition) is 4. The van der Waals surface area contributed by atoms with Gasteiger partial charge in [-0.05, 0) is 37.9 Å². The van der Waals surface area contributed by atoms with E-state index < -0.39 is 6.10 Å². The quantitative estimate of drug-likeness (QED) is 0.756. The van der Waals surface area contributed by atoms with Crippen LogP contribution in [0.25, 0.3) is 0 Å². The number of ether oxygens (including phenoxy) is 2. The molecule has 20 heavy (non-hydrogen) atoms. The van der Waals surface area contributed by atoms with Crippen LogP contribution in [-0.4, -0.2) is 32.2 Å². The Kier molecular flexibility index (Phi) is 6.87. The van der Waals surface area contributed by atoms with Crippen molar-refractivity contribution in [2.45, 2.75) is 32.8 Å². The number of nitrogens with one attached hydrogen (secondary N) is 1. The molecule has 5 heteroatoms. The highest BCUT2D eigenvalue weighted by Gasteiger charge is 2.15. The minimum atomic E-state index is -0.557. The summed E-state index contributed by atoms with van der Waals surface area (Å²) < 4.78 is 11.3. The van der Waals surface area contributed by atoms with E-state index in [1.54, 1.807) is 14.0 Å². The zero-order valence-electron chi connectivity index (χ0n) is 12.4. The van der Waals surface area contributed by atoms with E-state index in [1.165, 1.54) is 0 Å². The zero-order chi connectivity index (χ0) is 15.0. The van der Waals surface area contributed by atoms with Gasteiger partial charge in [0.05, 0.1) is 6.61 Å². The number of hydrogen-bond donors (Lipinski definition) is 2. The van der Waals surface area contributed by atoms with Crippen molar-refractivity contribution in [3.8, 4) is 11.5 Å². The van der Waals surface area contributed by atoms with E-state index in [4.69, 9.17) is 15.2 Å². The Morgan fingerprint density at radius 1 is 1.45 bits per heavy atom. The Balaban J connectivity index is 2.89. The van der Waals surface area contributed by atoms with E-state index in [0.717, 1.165) is 17.7 Å². The summed E-state index contributed by atoms with van der Waals surface area (Å²) in [5.41, 5.74) is 6.58. The highest BCUT2D eigenvalue weighted by molar-refractivity contribution is 5.80. The molecule has 1 atom stereocenters. The summed E-state index contributed by atoms with van der Waals surface area (Å²) in [5.74, 6) is 1.23. The molecule has 5 nitrogen and oxygen atoms in total. The fourth-order valence-corrected chi connectivity index (χ4v) is 1.76. The highest BCUT2D eigenvalue weighted by atomic mass is 16.5. The first-order chi connectivity index (χ1) is 9.62. The van der Waals surface area contributed by atoms with Crippen LogP contribution in [-0.2, 0) is 11.2 Å². The fourth-order valence-electron chi connectivity index (χ4n) is 1.76. The van der Waals surface area contributed by atoms with Crippen LogP contribution in [0.1, 0.15) is 25.8 Å². The van der Waals surface area contributed by atoms with E-state index in [0.29, 0.717) is 25.3 Å². The lowest BCUT2D eigenvalue weighted by molar-refractivity contribution is -0.126. The third kappa shape index (κ3) is 4.74. The van der Waals surface area contributed by atoms with Crippen LogP contribution in [0.3, 0.4) is 0 Å². The molecule has 0 aliphatic rings. The summed E-state index contributed by atoms with van der Waals surface area (Å²) in [4.78, 5) is 11.6. The lowest BCUT2D eigenvalue weighted by Crippen LogP contribution is -2.34. The summed E-state index contributed by atoms with van der Waals surface area (Å²) in [6, 6.07) is 5.65. The van der Waals surface area contributed by atoms with Gasteiger partial charge in [-0.3, -0.25) is 4.79 Å². The first-order valence-electron chi connectivity index (χ1n) is 6.96.